The number of rotatable bonds is 6. The summed E-state index contributed by atoms with van der Waals surface area (Å²) in [6.45, 7) is 0. The van der Waals surface area contributed by atoms with Gasteiger partial charge in [-0.1, -0.05) is 30.3 Å². The van der Waals surface area contributed by atoms with E-state index in [2.05, 4.69) is 15.3 Å². The van der Waals surface area contributed by atoms with Gasteiger partial charge in [-0.25, -0.2) is 4.98 Å². The second-order valence-corrected chi connectivity index (χ2v) is 8.30. The number of para-hydroxylation sites is 3. The van der Waals surface area contributed by atoms with Gasteiger partial charge in [-0.15, -0.1) is 11.3 Å². The minimum Gasteiger partial charge on any atom is -0.397 e. The standard InChI is InChI=1S/C24H17N5O3S/c25-20-19(23-27-17-8-4-5-9-18(17)28-23)24(26-15-6-2-1-3-7-15)33-22(20)21(30)14-10-12-16(13-11-14)29(31)32/h1-13,26H,25H2,(H,27,28). The summed E-state index contributed by atoms with van der Waals surface area (Å²) in [4.78, 5) is 32.0. The molecule has 0 bridgehead atoms. The Bertz CT molecular complexity index is 1460. The molecular weight excluding hydrogens is 438 g/mol. The van der Waals surface area contributed by atoms with E-state index in [1.54, 1.807) is 0 Å². The lowest BCUT2D eigenvalue weighted by molar-refractivity contribution is -0.384. The summed E-state index contributed by atoms with van der Waals surface area (Å²) in [6, 6.07) is 22.7. The number of imidazole rings is 1. The van der Waals surface area contributed by atoms with Gasteiger partial charge >= 0.3 is 0 Å². The average molecular weight is 455 g/mol. The second kappa shape index (κ2) is 8.21. The molecule has 0 aliphatic carbocycles. The van der Waals surface area contributed by atoms with Crippen LogP contribution < -0.4 is 11.1 Å². The molecule has 5 aromatic rings. The minimum absolute atomic E-state index is 0.0832. The van der Waals surface area contributed by atoms with Gasteiger partial charge in [-0.2, -0.15) is 0 Å². The fourth-order valence-electron chi connectivity index (χ4n) is 3.53. The van der Waals surface area contributed by atoms with Crippen LogP contribution in [0.4, 0.5) is 22.1 Å². The van der Waals surface area contributed by atoms with Crippen LogP contribution in [0.3, 0.4) is 0 Å². The van der Waals surface area contributed by atoms with Crippen molar-refractivity contribution in [3.05, 3.63) is 99.4 Å². The lowest BCUT2D eigenvalue weighted by atomic mass is 10.1. The Morgan fingerprint density at radius 1 is 1.00 bits per heavy atom. The highest BCUT2D eigenvalue weighted by atomic mass is 32.1. The molecule has 0 aliphatic heterocycles. The molecule has 0 amide bonds. The van der Waals surface area contributed by atoms with E-state index >= 15 is 0 Å². The fourth-order valence-corrected chi connectivity index (χ4v) is 4.63. The molecule has 3 aromatic carbocycles. The first-order chi connectivity index (χ1) is 16.0. The molecule has 2 heterocycles. The zero-order valence-corrected chi connectivity index (χ0v) is 17.9. The third-order valence-corrected chi connectivity index (χ3v) is 6.27. The van der Waals surface area contributed by atoms with Crippen LogP contribution in [0.2, 0.25) is 0 Å². The van der Waals surface area contributed by atoms with E-state index < -0.39 is 4.92 Å². The summed E-state index contributed by atoms with van der Waals surface area (Å²) in [7, 11) is 0. The molecule has 0 aliphatic rings. The van der Waals surface area contributed by atoms with E-state index in [1.807, 2.05) is 54.6 Å². The number of nitrogens with two attached hydrogens (primary N) is 1. The minimum atomic E-state index is -0.505. The normalized spacial score (nSPS) is 10.9. The van der Waals surface area contributed by atoms with Crippen LogP contribution >= 0.6 is 11.3 Å². The number of nitrogens with zero attached hydrogens (tertiary/aromatic N) is 2. The molecule has 4 N–H and O–H groups in total. The van der Waals surface area contributed by atoms with Crippen molar-refractivity contribution in [2.24, 2.45) is 0 Å². The van der Waals surface area contributed by atoms with Crippen LogP contribution in [0, 0.1) is 10.1 Å². The van der Waals surface area contributed by atoms with Crippen LogP contribution in [0.5, 0.6) is 0 Å². The van der Waals surface area contributed by atoms with Crippen LogP contribution in [-0.2, 0) is 0 Å². The number of nitrogen functional groups attached to an aromatic ring is 1. The predicted octanol–water partition coefficient (Wildman–Crippen LogP) is 5.76. The molecule has 2 aromatic heterocycles. The number of carbonyl (C=O) groups excluding carboxylic acids is 1. The maximum absolute atomic E-state index is 13.3. The number of H-pyrrole nitrogens is 1. The van der Waals surface area contributed by atoms with Gasteiger partial charge in [0, 0.05) is 23.4 Å². The molecule has 9 heteroatoms. The molecule has 8 nitrogen and oxygen atoms in total. The molecule has 5 rings (SSSR count). The van der Waals surface area contributed by atoms with Gasteiger partial charge in [0.2, 0.25) is 5.78 Å². The quantitative estimate of drug-likeness (QED) is 0.170. The molecule has 0 saturated carbocycles. The Balaban J connectivity index is 1.62. The van der Waals surface area contributed by atoms with Crippen LogP contribution in [0.1, 0.15) is 15.2 Å². The van der Waals surface area contributed by atoms with Crippen LogP contribution in [0.25, 0.3) is 22.4 Å². The van der Waals surface area contributed by atoms with Crippen molar-refractivity contribution in [1.82, 2.24) is 9.97 Å². The summed E-state index contributed by atoms with van der Waals surface area (Å²) in [5, 5.41) is 15.0. The summed E-state index contributed by atoms with van der Waals surface area (Å²) < 4.78 is 0. The molecule has 0 spiro atoms. The highest BCUT2D eigenvalue weighted by Crippen LogP contribution is 2.44. The van der Waals surface area contributed by atoms with E-state index in [0.29, 0.717) is 32.5 Å². The van der Waals surface area contributed by atoms with Crippen molar-refractivity contribution in [3.8, 4) is 11.4 Å². The zero-order chi connectivity index (χ0) is 22.9. The van der Waals surface area contributed by atoms with E-state index in [-0.39, 0.29) is 11.5 Å². The average Bonchev–Trinajstić information content (AvgIpc) is 3.39. The van der Waals surface area contributed by atoms with E-state index in [9.17, 15) is 14.9 Å². The number of benzene rings is 3. The number of nitro benzene ring substituents is 1. The van der Waals surface area contributed by atoms with E-state index in [1.165, 1.54) is 35.6 Å². The summed E-state index contributed by atoms with van der Waals surface area (Å²) in [5.74, 6) is 0.233. The van der Waals surface area contributed by atoms with Gasteiger partial charge in [0.25, 0.3) is 5.69 Å². The highest BCUT2D eigenvalue weighted by Gasteiger charge is 2.25. The third kappa shape index (κ3) is 3.81. The van der Waals surface area contributed by atoms with E-state index in [0.717, 1.165) is 16.7 Å². The Morgan fingerprint density at radius 3 is 2.39 bits per heavy atom. The smallest absolute Gasteiger partial charge is 0.269 e. The molecule has 33 heavy (non-hydrogen) atoms. The van der Waals surface area contributed by atoms with Gasteiger partial charge < -0.3 is 16.0 Å². The van der Waals surface area contributed by atoms with E-state index in [4.69, 9.17) is 5.73 Å². The number of hydrogen-bond donors (Lipinski definition) is 3. The summed E-state index contributed by atoms with van der Waals surface area (Å²) in [5.41, 5.74) is 10.1. The molecule has 0 atom stereocenters. The zero-order valence-electron chi connectivity index (χ0n) is 17.1. The number of thiophene rings is 1. The Morgan fingerprint density at radius 2 is 1.70 bits per heavy atom. The molecular formula is C24H17N5O3S. The first kappa shape index (κ1) is 20.4. The third-order valence-electron chi connectivity index (χ3n) is 5.15. The monoisotopic (exact) mass is 455 g/mol. The van der Waals surface area contributed by atoms with Gasteiger partial charge in [0.1, 0.15) is 15.7 Å². The molecule has 0 unspecified atom stereocenters. The maximum atomic E-state index is 13.3. The number of nitrogens with one attached hydrogen (secondary N) is 2. The van der Waals surface area contributed by atoms with Gasteiger partial charge in [0.15, 0.2) is 0 Å². The molecule has 0 fully saturated rings. The number of hydrogen-bond acceptors (Lipinski definition) is 7. The topological polar surface area (TPSA) is 127 Å². The number of aromatic nitrogens is 2. The number of fused-ring (bicyclic) bond motifs is 1. The predicted molar refractivity (Wildman–Crippen MR) is 130 cm³/mol. The SMILES string of the molecule is Nc1c(C(=O)c2ccc([N+](=O)[O-])cc2)sc(Nc2ccccc2)c1-c1nc2ccccc2[nH]1. The van der Waals surface area contributed by atoms with Crippen molar-refractivity contribution < 1.29 is 9.72 Å². The van der Waals surface area contributed by atoms with Gasteiger partial charge in [0.05, 0.1) is 27.2 Å². The summed E-state index contributed by atoms with van der Waals surface area (Å²) >= 11 is 1.22. The maximum Gasteiger partial charge on any atom is 0.269 e. The first-order valence-corrected chi connectivity index (χ1v) is 10.8. The van der Waals surface area contributed by atoms with Crippen LogP contribution in [-0.4, -0.2) is 20.7 Å². The molecule has 0 radical (unpaired) electrons. The first-order valence-electron chi connectivity index (χ1n) is 10.00. The van der Waals surface area contributed by atoms with Crippen molar-refractivity contribution in [3.63, 3.8) is 0 Å². The lowest BCUT2D eigenvalue weighted by Gasteiger charge is -2.06. The number of carbonyl (C=O) groups is 1. The van der Waals surface area contributed by atoms with Crippen molar-refractivity contribution in [1.29, 1.82) is 0 Å². The molecule has 162 valence electrons. The van der Waals surface area contributed by atoms with Crippen LogP contribution in [0.15, 0.2) is 78.9 Å². The number of anilines is 3. The van der Waals surface area contributed by atoms with Crippen molar-refractivity contribution in [2.45, 2.75) is 0 Å². The number of non-ortho nitro benzene ring substituents is 1. The largest absolute Gasteiger partial charge is 0.397 e. The number of nitro groups is 1. The second-order valence-electron chi connectivity index (χ2n) is 7.28. The van der Waals surface area contributed by atoms with Gasteiger partial charge in [-0.3, -0.25) is 14.9 Å². The highest BCUT2D eigenvalue weighted by molar-refractivity contribution is 7.19. The lowest BCUT2D eigenvalue weighted by Crippen LogP contribution is -2.03. The van der Waals surface area contributed by atoms with Crippen molar-refractivity contribution >= 4 is 50.2 Å². The fraction of sp³-hybridized carbons (Fsp3) is 0. The number of ketones is 1. The Kier molecular flexibility index (Phi) is 5.08. The Hall–Kier alpha value is -4.50. The summed E-state index contributed by atoms with van der Waals surface area (Å²) in [6.07, 6.45) is 0. The Labute approximate surface area is 191 Å². The van der Waals surface area contributed by atoms with Gasteiger partial charge in [-0.05, 0) is 36.4 Å². The number of aromatic amines is 1. The van der Waals surface area contributed by atoms with Crippen molar-refractivity contribution in [2.75, 3.05) is 11.1 Å². The molecule has 0 saturated heterocycles.